The van der Waals surface area contributed by atoms with Gasteiger partial charge in [-0.2, -0.15) is 5.10 Å². The molecule has 4 heteroatoms. The molecule has 1 aromatic rings. The van der Waals surface area contributed by atoms with E-state index < -0.39 is 0 Å². The van der Waals surface area contributed by atoms with E-state index in [9.17, 15) is 0 Å². The van der Waals surface area contributed by atoms with Crippen molar-refractivity contribution in [3.63, 3.8) is 0 Å². The van der Waals surface area contributed by atoms with Crippen LogP contribution in [-0.4, -0.2) is 22.9 Å². The molecule has 1 N–H and O–H groups in total. The minimum Gasteiger partial charge on any atom is -0.312 e. The molecule has 0 radical (unpaired) electrons. The number of nitrogens with one attached hydrogen (secondary N) is 1. The van der Waals surface area contributed by atoms with Crippen molar-refractivity contribution in [2.45, 2.75) is 6.04 Å². The van der Waals surface area contributed by atoms with Crippen LogP contribution in [0, 0.1) is 0 Å². The fourth-order valence-corrected chi connectivity index (χ4v) is 1.12. The van der Waals surface area contributed by atoms with Gasteiger partial charge in [-0.25, -0.2) is 0 Å². The highest BCUT2D eigenvalue weighted by atomic mass is 35.5. The molecular formula is C6H8ClN3. The Kier molecular flexibility index (Phi) is 1.39. The van der Waals surface area contributed by atoms with Crippen LogP contribution in [0.4, 0.5) is 0 Å². The number of halogens is 1. The van der Waals surface area contributed by atoms with Crippen molar-refractivity contribution in [2.24, 2.45) is 0 Å². The summed E-state index contributed by atoms with van der Waals surface area (Å²) in [5.74, 6) is 0. The van der Waals surface area contributed by atoms with Gasteiger partial charge in [0.15, 0.2) is 0 Å². The first-order chi connectivity index (χ1) is 4.86. The van der Waals surface area contributed by atoms with Crippen molar-refractivity contribution in [1.82, 2.24) is 15.1 Å². The molecule has 0 aliphatic carbocycles. The minimum atomic E-state index is 0.521. The summed E-state index contributed by atoms with van der Waals surface area (Å²) in [5, 5.41) is 7.96. The maximum atomic E-state index is 5.68. The molecule has 10 heavy (non-hydrogen) atoms. The van der Waals surface area contributed by atoms with Crippen molar-refractivity contribution in [3.05, 3.63) is 17.4 Å². The monoisotopic (exact) mass is 157 g/mol. The second-order valence-corrected chi connectivity index (χ2v) is 2.89. The summed E-state index contributed by atoms with van der Waals surface area (Å²) in [5.41, 5.74) is 0. The van der Waals surface area contributed by atoms with Crippen LogP contribution in [0.5, 0.6) is 0 Å². The third-order valence-electron chi connectivity index (χ3n) is 1.70. The van der Waals surface area contributed by atoms with Crippen LogP contribution in [0.15, 0.2) is 12.4 Å². The van der Waals surface area contributed by atoms with Crippen LogP contribution in [-0.2, 0) is 0 Å². The average Bonchev–Trinajstić information content (AvgIpc) is 2.10. The maximum absolute atomic E-state index is 5.68. The van der Waals surface area contributed by atoms with Crippen LogP contribution in [0.1, 0.15) is 6.04 Å². The van der Waals surface area contributed by atoms with Gasteiger partial charge in [0.1, 0.15) is 0 Å². The predicted molar refractivity (Wildman–Crippen MR) is 39.1 cm³/mol. The quantitative estimate of drug-likeness (QED) is 0.650. The first kappa shape index (κ1) is 6.19. The fraction of sp³-hybridized carbons (Fsp3) is 0.500. The molecule has 1 saturated heterocycles. The molecule has 0 spiro atoms. The number of rotatable bonds is 1. The van der Waals surface area contributed by atoms with Gasteiger partial charge in [0.25, 0.3) is 0 Å². The summed E-state index contributed by atoms with van der Waals surface area (Å²) in [6, 6.07) is 0.521. The van der Waals surface area contributed by atoms with E-state index in [4.69, 9.17) is 11.6 Å². The second kappa shape index (κ2) is 2.25. The zero-order valence-corrected chi connectivity index (χ0v) is 6.17. The predicted octanol–water partition coefficient (Wildman–Crippen LogP) is 0.681. The molecule has 1 fully saturated rings. The van der Waals surface area contributed by atoms with Gasteiger partial charge in [-0.15, -0.1) is 0 Å². The van der Waals surface area contributed by atoms with Gasteiger partial charge in [-0.3, -0.25) is 4.68 Å². The summed E-state index contributed by atoms with van der Waals surface area (Å²) in [4.78, 5) is 0. The van der Waals surface area contributed by atoms with E-state index in [1.54, 1.807) is 6.20 Å². The normalized spacial score (nSPS) is 18.9. The topological polar surface area (TPSA) is 29.9 Å². The van der Waals surface area contributed by atoms with Crippen LogP contribution < -0.4 is 5.32 Å². The summed E-state index contributed by atoms with van der Waals surface area (Å²) < 4.78 is 1.90. The highest BCUT2D eigenvalue weighted by Crippen LogP contribution is 2.13. The second-order valence-electron chi connectivity index (χ2n) is 2.45. The zero-order valence-electron chi connectivity index (χ0n) is 5.42. The highest BCUT2D eigenvalue weighted by molar-refractivity contribution is 6.30. The van der Waals surface area contributed by atoms with Crippen LogP contribution >= 0.6 is 11.6 Å². The average molecular weight is 158 g/mol. The van der Waals surface area contributed by atoms with E-state index in [0.29, 0.717) is 11.1 Å². The molecular weight excluding hydrogens is 150 g/mol. The summed E-state index contributed by atoms with van der Waals surface area (Å²) in [7, 11) is 0. The third kappa shape index (κ3) is 0.914. The number of hydrogen-bond acceptors (Lipinski definition) is 2. The summed E-state index contributed by atoms with van der Waals surface area (Å²) >= 11 is 5.68. The summed E-state index contributed by atoms with van der Waals surface area (Å²) in [6.45, 7) is 2.02. The Morgan fingerprint density at radius 2 is 2.50 bits per heavy atom. The first-order valence-electron chi connectivity index (χ1n) is 3.26. The Morgan fingerprint density at radius 3 is 2.90 bits per heavy atom. The van der Waals surface area contributed by atoms with E-state index >= 15 is 0 Å². The number of hydrogen-bond donors (Lipinski definition) is 1. The molecule has 1 aromatic heterocycles. The lowest BCUT2D eigenvalue weighted by atomic mass is 10.2. The van der Waals surface area contributed by atoms with E-state index in [1.165, 1.54) is 0 Å². The Morgan fingerprint density at radius 1 is 1.70 bits per heavy atom. The zero-order chi connectivity index (χ0) is 6.97. The van der Waals surface area contributed by atoms with Crippen molar-refractivity contribution in [2.75, 3.05) is 13.1 Å². The molecule has 0 saturated carbocycles. The lowest BCUT2D eigenvalue weighted by molar-refractivity contribution is 0.318. The van der Waals surface area contributed by atoms with Crippen LogP contribution in [0.3, 0.4) is 0 Å². The standard InChI is InChI=1S/C6H8ClN3/c7-5-1-9-10(4-5)6-2-8-3-6/h1,4,6,8H,2-3H2. The largest absolute Gasteiger partial charge is 0.312 e. The molecule has 3 nitrogen and oxygen atoms in total. The lowest BCUT2D eigenvalue weighted by Gasteiger charge is -2.26. The lowest BCUT2D eigenvalue weighted by Crippen LogP contribution is -2.43. The van der Waals surface area contributed by atoms with Gasteiger partial charge in [0, 0.05) is 19.3 Å². The van der Waals surface area contributed by atoms with Gasteiger partial charge in [0.2, 0.25) is 0 Å². The fourth-order valence-electron chi connectivity index (χ4n) is 0.975. The van der Waals surface area contributed by atoms with Crippen molar-refractivity contribution in [3.8, 4) is 0 Å². The van der Waals surface area contributed by atoms with Crippen LogP contribution in [0.2, 0.25) is 5.02 Å². The molecule has 1 aliphatic heterocycles. The van der Waals surface area contributed by atoms with Gasteiger partial charge in [-0.05, 0) is 0 Å². The highest BCUT2D eigenvalue weighted by Gasteiger charge is 2.18. The molecule has 2 heterocycles. The van der Waals surface area contributed by atoms with Crippen molar-refractivity contribution < 1.29 is 0 Å². The first-order valence-corrected chi connectivity index (χ1v) is 3.64. The SMILES string of the molecule is Clc1cnn(C2CNC2)c1. The van der Waals surface area contributed by atoms with E-state index in [0.717, 1.165) is 13.1 Å². The molecule has 1 aliphatic rings. The van der Waals surface area contributed by atoms with E-state index in [2.05, 4.69) is 10.4 Å². The molecule has 0 aromatic carbocycles. The number of nitrogens with zero attached hydrogens (tertiary/aromatic N) is 2. The Hall–Kier alpha value is -0.540. The molecule has 0 unspecified atom stereocenters. The van der Waals surface area contributed by atoms with E-state index in [1.807, 2.05) is 10.9 Å². The van der Waals surface area contributed by atoms with Gasteiger partial charge < -0.3 is 5.32 Å². The van der Waals surface area contributed by atoms with Crippen molar-refractivity contribution >= 4 is 11.6 Å². The maximum Gasteiger partial charge on any atom is 0.0785 e. The minimum absolute atomic E-state index is 0.521. The molecule has 0 amide bonds. The van der Waals surface area contributed by atoms with Gasteiger partial charge >= 0.3 is 0 Å². The van der Waals surface area contributed by atoms with Gasteiger partial charge in [0.05, 0.1) is 17.3 Å². The molecule has 2 rings (SSSR count). The Bertz CT molecular complexity index is 229. The van der Waals surface area contributed by atoms with Gasteiger partial charge in [-0.1, -0.05) is 11.6 Å². The number of aromatic nitrogens is 2. The smallest absolute Gasteiger partial charge is 0.0785 e. The van der Waals surface area contributed by atoms with E-state index in [-0.39, 0.29) is 0 Å². The Labute approximate surface area is 64.0 Å². The summed E-state index contributed by atoms with van der Waals surface area (Å²) in [6.07, 6.45) is 3.52. The van der Waals surface area contributed by atoms with Crippen molar-refractivity contribution in [1.29, 1.82) is 0 Å². The third-order valence-corrected chi connectivity index (χ3v) is 1.90. The van der Waals surface area contributed by atoms with Crippen LogP contribution in [0.25, 0.3) is 0 Å². The molecule has 0 atom stereocenters. The molecule has 54 valence electrons. The Balaban J connectivity index is 2.17. The molecule has 0 bridgehead atoms.